The number of fused-ring (bicyclic) bond motifs is 1. The number of hydrogen-bond donors (Lipinski definition) is 1. The number of hydrogen-bond acceptors (Lipinski definition) is 5. The zero-order valence-electron chi connectivity index (χ0n) is 10.8. The summed E-state index contributed by atoms with van der Waals surface area (Å²) in [5.41, 5.74) is 6.10. The highest BCUT2D eigenvalue weighted by Crippen LogP contribution is 2.27. The summed E-state index contributed by atoms with van der Waals surface area (Å²) < 4.78 is 30.8. The van der Waals surface area contributed by atoms with E-state index in [9.17, 15) is 13.2 Å². The molecule has 0 aliphatic heterocycles. The number of benzene rings is 2. The highest BCUT2D eigenvalue weighted by atomic mass is 35.5. The highest BCUT2D eigenvalue weighted by molar-refractivity contribution is 7.90. The molecular formula is C13H8Cl2N2O4S. The van der Waals surface area contributed by atoms with Gasteiger partial charge < -0.3 is 10.2 Å². The second-order valence-corrected chi connectivity index (χ2v) is 7.04. The van der Waals surface area contributed by atoms with Gasteiger partial charge in [0.2, 0.25) is 0 Å². The van der Waals surface area contributed by atoms with Gasteiger partial charge >= 0.3 is 5.76 Å². The lowest BCUT2D eigenvalue weighted by Gasteiger charge is -2.06. The largest absolute Gasteiger partial charge is 0.434 e. The van der Waals surface area contributed by atoms with Gasteiger partial charge in [-0.3, -0.25) is 0 Å². The number of nitrogens with two attached hydrogens (primary N) is 1. The van der Waals surface area contributed by atoms with Crippen LogP contribution < -0.4 is 11.5 Å². The van der Waals surface area contributed by atoms with Gasteiger partial charge in [0.05, 0.1) is 14.9 Å². The van der Waals surface area contributed by atoms with E-state index >= 15 is 0 Å². The summed E-state index contributed by atoms with van der Waals surface area (Å²) >= 11 is 11.6. The summed E-state index contributed by atoms with van der Waals surface area (Å²) in [5, 5.41) is 0.269. The lowest BCUT2D eigenvalue weighted by atomic mass is 10.3. The van der Waals surface area contributed by atoms with Crippen molar-refractivity contribution in [2.75, 3.05) is 5.73 Å². The molecule has 0 spiro atoms. The molecule has 0 aliphatic rings. The average Bonchev–Trinajstić information content (AvgIpc) is 2.77. The monoisotopic (exact) mass is 358 g/mol. The molecule has 0 atom stereocenters. The number of anilines is 1. The molecule has 1 heterocycles. The molecule has 0 bridgehead atoms. The van der Waals surface area contributed by atoms with Gasteiger partial charge in [-0.05, 0) is 30.3 Å². The van der Waals surface area contributed by atoms with Crippen molar-refractivity contribution in [3.8, 4) is 0 Å². The molecule has 1 aromatic heterocycles. The van der Waals surface area contributed by atoms with Gasteiger partial charge in [0, 0.05) is 11.8 Å². The summed E-state index contributed by atoms with van der Waals surface area (Å²) in [7, 11) is -4.18. The van der Waals surface area contributed by atoms with Crippen molar-refractivity contribution in [2.24, 2.45) is 0 Å². The van der Waals surface area contributed by atoms with Crippen LogP contribution in [0, 0.1) is 0 Å². The minimum Gasteiger partial charge on any atom is -0.407 e. The van der Waals surface area contributed by atoms with E-state index < -0.39 is 15.8 Å². The summed E-state index contributed by atoms with van der Waals surface area (Å²) in [6, 6.07) is 8.00. The van der Waals surface area contributed by atoms with Crippen LogP contribution in [0.2, 0.25) is 10.0 Å². The number of oxazole rings is 1. The van der Waals surface area contributed by atoms with Crippen molar-refractivity contribution in [1.82, 2.24) is 3.97 Å². The lowest BCUT2D eigenvalue weighted by Crippen LogP contribution is -2.23. The first-order valence-corrected chi connectivity index (χ1v) is 8.12. The Kier molecular flexibility index (Phi) is 3.43. The number of halogens is 2. The van der Waals surface area contributed by atoms with E-state index in [4.69, 9.17) is 33.4 Å². The maximum atomic E-state index is 12.6. The quantitative estimate of drug-likeness (QED) is 0.710. The van der Waals surface area contributed by atoms with E-state index in [2.05, 4.69) is 0 Å². The Morgan fingerprint density at radius 3 is 2.45 bits per heavy atom. The number of nitrogen functional groups attached to an aromatic ring is 1. The van der Waals surface area contributed by atoms with Crippen LogP contribution in [0.1, 0.15) is 0 Å². The van der Waals surface area contributed by atoms with E-state index in [1.165, 1.54) is 36.4 Å². The maximum absolute atomic E-state index is 12.6. The van der Waals surface area contributed by atoms with Crippen LogP contribution in [0.3, 0.4) is 0 Å². The number of nitrogens with zero attached hydrogens (tertiary/aromatic N) is 1. The molecule has 2 aromatic carbocycles. The van der Waals surface area contributed by atoms with Crippen LogP contribution in [0.15, 0.2) is 50.5 Å². The standard InChI is InChI=1S/C13H8Cl2N2O4S/c14-9-3-2-8(6-10(9)15)22(19,20)17-11-4-1-7(16)5-12(11)21-13(17)18/h1-6H,16H2. The molecule has 0 fully saturated rings. The fraction of sp³-hybridized carbons (Fsp3) is 0. The Morgan fingerprint density at radius 1 is 1.05 bits per heavy atom. The Labute approximate surface area is 134 Å². The highest BCUT2D eigenvalue weighted by Gasteiger charge is 2.24. The molecule has 0 amide bonds. The number of rotatable bonds is 2. The first kappa shape index (κ1) is 15.0. The van der Waals surface area contributed by atoms with Crippen molar-refractivity contribution in [1.29, 1.82) is 0 Å². The summed E-state index contributed by atoms with van der Waals surface area (Å²) in [4.78, 5) is 11.8. The van der Waals surface area contributed by atoms with Crippen LogP contribution in [0.25, 0.3) is 11.1 Å². The average molecular weight is 359 g/mol. The topological polar surface area (TPSA) is 95.3 Å². The molecule has 3 aromatic rings. The van der Waals surface area contributed by atoms with Gasteiger partial charge in [-0.15, -0.1) is 0 Å². The second-order valence-electron chi connectivity index (χ2n) is 4.44. The van der Waals surface area contributed by atoms with Crippen LogP contribution >= 0.6 is 23.2 Å². The Bertz CT molecular complexity index is 1050. The van der Waals surface area contributed by atoms with Gasteiger partial charge in [-0.25, -0.2) is 13.2 Å². The smallest absolute Gasteiger partial charge is 0.407 e. The van der Waals surface area contributed by atoms with E-state index in [-0.39, 0.29) is 26.0 Å². The van der Waals surface area contributed by atoms with E-state index in [1.54, 1.807) is 0 Å². The van der Waals surface area contributed by atoms with Crippen molar-refractivity contribution < 1.29 is 12.8 Å². The van der Waals surface area contributed by atoms with E-state index in [1.807, 2.05) is 0 Å². The third kappa shape index (κ3) is 2.27. The Hall–Kier alpha value is -1.96. The third-order valence-corrected chi connectivity index (χ3v) is 5.41. The van der Waals surface area contributed by atoms with Gasteiger partial charge in [0.15, 0.2) is 5.58 Å². The SMILES string of the molecule is Nc1ccc2c(c1)oc(=O)n2S(=O)(=O)c1ccc(Cl)c(Cl)c1. The van der Waals surface area contributed by atoms with Gasteiger partial charge in [0.1, 0.15) is 5.52 Å². The molecule has 0 saturated carbocycles. The van der Waals surface area contributed by atoms with Crippen molar-refractivity contribution in [3.05, 3.63) is 57.0 Å². The van der Waals surface area contributed by atoms with Crippen LogP contribution in [0.4, 0.5) is 5.69 Å². The summed E-state index contributed by atoms with van der Waals surface area (Å²) in [6.45, 7) is 0. The normalized spacial score (nSPS) is 11.9. The molecule has 0 aliphatic carbocycles. The molecule has 22 heavy (non-hydrogen) atoms. The third-order valence-electron chi connectivity index (χ3n) is 3.00. The number of aromatic nitrogens is 1. The van der Waals surface area contributed by atoms with Crippen LogP contribution in [-0.2, 0) is 10.0 Å². The summed E-state index contributed by atoms with van der Waals surface area (Å²) in [6.07, 6.45) is 0. The zero-order chi connectivity index (χ0) is 16.1. The minimum atomic E-state index is -4.18. The summed E-state index contributed by atoms with van der Waals surface area (Å²) in [5.74, 6) is -1.04. The molecule has 6 nitrogen and oxygen atoms in total. The molecule has 2 N–H and O–H groups in total. The zero-order valence-corrected chi connectivity index (χ0v) is 13.1. The molecular weight excluding hydrogens is 351 g/mol. The van der Waals surface area contributed by atoms with Gasteiger partial charge in [-0.2, -0.15) is 3.97 Å². The predicted octanol–water partition coefficient (Wildman–Crippen LogP) is 2.72. The molecule has 9 heteroatoms. The van der Waals surface area contributed by atoms with E-state index in [0.717, 1.165) is 0 Å². The lowest BCUT2D eigenvalue weighted by molar-refractivity contribution is 0.534. The minimum absolute atomic E-state index is 0.0628. The van der Waals surface area contributed by atoms with Gasteiger partial charge in [0.25, 0.3) is 10.0 Å². The molecule has 114 valence electrons. The van der Waals surface area contributed by atoms with Crippen LogP contribution in [0.5, 0.6) is 0 Å². The molecule has 0 saturated heterocycles. The van der Waals surface area contributed by atoms with Gasteiger partial charge in [-0.1, -0.05) is 23.2 Å². The van der Waals surface area contributed by atoms with Crippen molar-refractivity contribution >= 4 is 50.0 Å². The van der Waals surface area contributed by atoms with Crippen LogP contribution in [-0.4, -0.2) is 12.4 Å². The first-order chi connectivity index (χ1) is 10.3. The molecule has 0 unspecified atom stereocenters. The predicted molar refractivity (Wildman–Crippen MR) is 83.9 cm³/mol. The molecule has 0 radical (unpaired) electrons. The van der Waals surface area contributed by atoms with Crippen molar-refractivity contribution in [2.45, 2.75) is 4.90 Å². The molecule has 3 rings (SSSR count). The Morgan fingerprint density at radius 2 is 1.77 bits per heavy atom. The van der Waals surface area contributed by atoms with E-state index in [0.29, 0.717) is 9.66 Å². The Balaban J connectivity index is 2.32. The second kappa shape index (κ2) is 5.05. The maximum Gasteiger partial charge on any atom is 0.434 e. The fourth-order valence-electron chi connectivity index (χ4n) is 1.98. The first-order valence-electron chi connectivity index (χ1n) is 5.92. The van der Waals surface area contributed by atoms with Crippen molar-refractivity contribution in [3.63, 3.8) is 0 Å². The fourth-order valence-corrected chi connectivity index (χ4v) is 3.71.